The van der Waals surface area contributed by atoms with Gasteiger partial charge in [-0.05, 0) is 37.0 Å². The molecule has 3 aromatic rings. The lowest BCUT2D eigenvalue weighted by molar-refractivity contribution is -0.173. The van der Waals surface area contributed by atoms with E-state index in [2.05, 4.69) is 48.2 Å². The fourth-order valence-electron chi connectivity index (χ4n) is 4.91. The van der Waals surface area contributed by atoms with Crippen molar-refractivity contribution in [1.29, 1.82) is 0 Å². The van der Waals surface area contributed by atoms with Crippen LogP contribution in [0.25, 0.3) is 0 Å². The van der Waals surface area contributed by atoms with Crippen molar-refractivity contribution < 1.29 is 23.7 Å². The second-order valence-electron chi connectivity index (χ2n) is 9.50. The summed E-state index contributed by atoms with van der Waals surface area (Å²) in [7, 11) is 1.60. The van der Waals surface area contributed by atoms with Crippen molar-refractivity contribution in [3.8, 4) is 11.8 Å². The first-order valence-corrected chi connectivity index (χ1v) is 13.3. The van der Waals surface area contributed by atoms with Crippen molar-refractivity contribution in [2.75, 3.05) is 26.4 Å². The van der Waals surface area contributed by atoms with Crippen molar-refractivity contribution >= 4 is 11.6 Å². The molecule has 3 atom stereocenters. The van der Waals surface area contributed by atoms with E-state index >= 15 is 0 Å². The standard InChI is InChI=1S/C32H35ClO5/c1-31(2)37-29(20-13-22-33)30(38-31)28(35-24-34-3)21-23-36-32(25-14-7-4-8-15-25,26-16-9-5-10-17-26)27-18-11-6-12-19-27/h4-12,14-19,28-30H,21-24H2,1-3H3/t28-,29+,30-/m0/s1. The number of benzene rings is 3. The predicted molar refractivity (Wildman–Crippen MR) is 149 cm³/mol. The van der Waals surface area contributed by atoms with Crippen molar-refractivity contribution in [1.82, 2.24) is 0 Å². The first kappa shape index (κ1) is 28.3. The van der Waals surface area contributed by atoms with E-state index in [1.54, 1.807) is 7.11 Å². The molecule has 1 aliphatic rings. The Morgan fingerprint density at radius 3 is 1.87 bits per heavy atom. The van der Waals surface area contributed by atoms with E-state index in [9.17, 15) is 0 Å². The summed E-state index contributed by atoms with van der Waals surface area (Å²) >= 11 is 5.83. The average Bonchev–Trinajstić information content (AvgIpc) is 3.27. The first-order chi connectivity index (χ1) is 18.5. The van der Waals surface area contributed by atoms with Gasteiger partial charge in [-0.3, -0.25) is 0 Å². The summed E-state index contributed by atoms with van der Waals surface area (Å²) in [6.45, 7) is 4.24. The molecule has 0 bridgehead atoms. The van der Waals surface area contributed by atoms with Crippen molar-refractivity contribution in [2.24, 2.45) is 0 Å². The number of halogens is 1. The van der Waals surface area contributed by atoms with Crippen LogP contribution < -0.4 is 0 Å². The summed E-state index contributed by atoms with van der Waals surface area (Å²) in [5.74, 6) is 5.41. The zero-order chi connectivity index (χ0) is 26.8. The number of ether oxygens (including phenoxy) is 5. The molecule has 5 nitrogen and oxygen atoms in total. The summed E-state index contributed by atoms with van der Waals surface area (Å²) in [5.41, 5.74) is 2.30. The molecule has 0 aliphatic carbocycles. The number of rotatable bonds is 11. The number of hydrogen-bond donors (Lipinski definition) is 0. The Labute approximate surface area is 231 Å². The molecule has 200 valence electrons. The number of methoxy groups -OCH3 is 1. The molecule has 0 unspecified atom stereocenters. The SMILES string of the molecule is COCO[C@@H](CCOC(c1ccccc1)(c1ccccc1)c1ccccc1)[C@@H]1OC(C)(C)O[C@@H]1C#CCCl. The zero-order valence-corrected chi connectivity index (χ0v) is 22.9. The second-order valence-corrected chi connectivity index (χ2v) is 9.77. The molecule has 1 aliphatic heterocycles. The van der Waals surface area contributed by atoms with Gasteiger partial charge in [-0.15, -0.1) is 11.6 Å². The fourth-order valence-corrected chi connectivity index (χ4v) is 4.98. The summed E-state index contributed by atoms with van der Waals surface area (Å²) < 4.78 is 30.6. The van der Waals surface area contributed by atoms with Gasteiger partial charge in [0.15, 0.2) is 5.79 Å². The third kappa shape index (κ3) is 6.65. The minimum Gasteiger partial charge on any atom is -0.361 e. The Morgan fingerprint density at radius 1 is 0.868 bits per heavy atom. The van der Waals surface area contributed by atoms with Gasteiger partial charge >= 0.3 is 0 Å². The van der Waals surface area contributed by atoms with E-state index in [0.717, 1.165) is 16.7 Å². The normalized spacial score (nSPS) is 19.5. The van der Waals surface area contributed by atoms with Gasteiger partial charge in [0.05, 0.1) is 18.6 Å². The molecule has 1 heterocycles. The maximum absolute atomic E-state index is 6.95. The molecular weight excluding hydrogens is 500 g/mol. The Balaban J connectivity index is 1.67. The van der Waals surface area contributed by atoms with E-state index in [-0.39, 0.29) is 18.8 Å². The van der Waals surface area contributed by atoms with Crippen LogP contribution in [0.4, 0.5) is 0 Å². The molecule has 6 heteroatoms. The Bertz CT molecular complexity index is 1080. The molecular formula is C32H35ClO5. The molecule has 0 saturated carbocycles. The van der Waals surface area contributed by atoms with Crippen LogP contribution in [-0.2, 0) is 29.3 Å². The molecule has 38 heavy (non-hydrogen) atoms. The minimum absolute atomic E-state index is 0.113. The average molecular weight is 535 g/mol. The van der Waals surface area contributed by atoms with Crippen LogP contribution in [0, 0.1) is 11.8 Å². The van der Waals surface area contributed by atoms with Crippen LogP contribution in [-0.4, -0.2) is 50.5 Å². The largest absolute Gasteiger partial charge is 0.361 e. The van der Waals surface area contributed by atoms with Crippen LogP contribution in [0.3, 0.4) is 0 Å². The predicted octanol–water partition coefficient (Wildman–Crippen LogP) is 6.14. The van der Waals surface area contributed by atoms with Gasteiger partial charge in [0.25, 0.3) is 0 Å². The third-order valence-electron chi connectivity index (χ3n) is 6.47. The van der Waals surface area contributed by atoms with Gasteiger partial charge in [0.2, 0.25) is 0 Å². The Hall–Kier alpha value is -2.69. The topological polar surface area (TPSA) is 46.2 Å². The Morgan fingerprint density at radius 2 is 1.39 bits per heavy atom. The molecule has 4 rings (SSSR count). The highest BCUT2D eigenvalue weighted by Crippen LogP contribution is 2.41. The van der Waals surface area contributed by atoms with Crippen LogP contribution in [0.15, 0.2) is 91.0 Å². The van der Waals surface area contributed by atoms with E-state index in [4.69, 9.17) is 35.3 Å². The van der Waals surface area contributed by atoms with Gasteiger partial charge in [-0.1, -0.05) is 103 Å². The third-order valence-corrected chi connectivity index (χ3v) is 6.60. The van der Waals surface area contributed by atoms with Crippen LogP contribution in [0.1, 0.15) is 37.0 Å². The van der Waals surface area contributed by atoms with Crippen molar-refractivity contribution in [3.63, 3.8) is 0 Å². The highest BCUT2D eigenvalue weighted by molar-refractivity contribution is 6.19. The Kier molecular flexibility index (Phi) is 9.98. The summed E-state index contributed by atoms with van der Waals surface area (Å²) in [6.07, 6.45) is -0.765. The zero-order valence-electron chi connectivity index (χ0n) is 22.1. The van der Waals surface area contributed by atoms with E-state index in [1.165, 1.54) is 0 Å². The van der Waals surface area contributed by atoms with Crippen molar-refractivity contribution in [2.45, 2.75) is 50.0 Å². The maximum Gasteiger partial charge on any atom is 0.165 e. The number of alkyl halides is 1. The fraction of sp³-hybridized carbons (Fsp3) is 0.375. The smallest absolute Gasteiger partial charge is 0.165 e. The number of hydrogen-bond acceptors (Lipinski definition) is 5. The monoisotopic (exact) mass is 534 g/mol. The van der Waals surface area contributed by atoms with Crippen LogP contribution in [0.2, 0.25) is 0 Å². The second kappa shape index (κ2) is 13.4. The van der Waals surface area contributed by atoms with Crippen LogP contribution >= 0.6 is 11.6 Å². The van der Waals surface area contributed by atoms with E-state index in [0.29, 0.717) is 13.0 Å². The molecule has 0 radical (unpaired) electrons. The van der Waals surface area contributed by atoms with Gasteiger partial charge < -0.3 is 23.7 Å². The lowest BCUT2D eigenvalue weighted by Crippen LogP contribution is -2.40. The molecule has 0 N–H and O–H groups in total. The van der Waals surface area contributed by atoms with Gasteiger partial charge in [-0.2, -0.15) is 0 Å². The minimum atomic E-state index is -0.820. The first-order valence-electron chi connectivity index (χ1n) is 12.8. The molecule has 3 aromatic carbocycles. The summed E-state index contributed by atoms with van der Waals surface area (Å²) in [4.78, 5) is 0. The van der Waals surface area contributed by atoms with E-state index < -0.39 is 23.6 Å². The highest BCUT2D eigenvalue weighted by Gasteiger charge is 2.45. The molecule has 1 fully saturated rings. The molecule has 0 amide bonds. The highest BCUT2D eigenvalue weighted by atomic mass is 35.5. The summed E-state index contributed by atoms with van der Waals surface area (Å²) in [6, 6.07) is 30.9. The quantitative estimate of drug-likeness (QED) is 0.128. The maximum atomic E-state index is 6.95. The van der Waals surface area contributed by atoms with Gasteiger partial charge in [0.1, 0.15) is 24.6 Å². The lowest BCUT2D eigenvalue weighted by Gasteiger charge is -2.36. The van der Waals surface area contributed by atoms with E-state index in [1.807, 2.05) is 68.4 Å². The van der Waals surface area contributed by atoms with Gasteiger partial charge in [0, 0.05) is 7.11 Å². The molecule has 1 saturated heterocycles. The van der Waals surface area contributed by atoms with Gasteiger partial charge in [-0.25, -0.2) is 0 Å². The molecule has 0 spiro atoms. The molecule has 0 aromatic heterocycles. The lowest BCUT2D eigenvalue weighted by atomic mass is 9.80. The summed E-state index contributed by atoms with van der Waals surface area (Å²) in [5, 5.41) is 0. The van der Waals surface area contributed by atoms with Crippen LogP contribution in [0.5, 0.6) is 0 Å². The van der Waals surface area contributed by atoms with Crippen molar-refractivity contribution in [3.05, 3.63) is 108 Å².